The zero-order valence-corrected chi connectivity index (χ0v) is 11.8. The normalized spacial score (nSPS) is 11.2. The Morgan fingerprint density at radius 2 is 2.10 bits per heavy atom. The van der Waals surface area contributed by atoms with Crippen LogP contribution < -0.4 is 5.32 Å². The Hall–Kier alpha value is -2.07. The van der Waals surface area contributed by atoms with Crippen molar-refractivity contribution >= 4 is 10.9 Å². The summed E-state index contributed by atoms with van der Waals surface area (Å²) >= 11 is 0. The predicted octanol–water partition coefficient (Wildman–Crippen LogP) is 2.55. The number of rotatable bonds is 6. The second-order valence-electron chi connectivity index (χ2n) is 5.12. The standard InChI is InChI=1S/C16H20N4/c1-19-13-14(12-18-19)11-17-8-4-9-20-10-7-15-5-2-3-6-16(15)20/h2-3,5-7,10,12-13,17H,4,8-9,11H2,1H3. The van der Waals surface area contributed by atoms with Crippen LogP contribution in [0.15, 0.2) is 48.9 Å². The molecule has 0 radical (unpaired) electrons. The maximum Gasteiger partial charge on any atom is 0.0534 e. The first-order valence-corrected chi connectivity index (χ1v) is 7.05. The fraction of sp³-hybridized carbons (Fsp3) is 0.312. The van der Waals surface area contributed by atoms with Gasteiger partial charge in [-0.15, -0.1) is 0 Å². The van der Waals surface area contributed by atoms with Crippen LogP contribution in [-0.4, -0.2) is 20.9 Å². The van der Waals surface area contributed by atoms with Crippen molar-refractivity contribution in [3.05, 3.63) is 54.5 Å². The van der Waals surface area contributed by atoms with Crippen LogP contribution in [0.3, 0.4) is 0 Å². The summed E-state index contributed by atoms with van der Waals surface area (Å²) in [6, 6.07) is 10.7. The van der Waals surface area contributed by atoms with E-state index in [9.17, 15) is 0 Å². The van der Waals surface area contributed by atoms with Crippen LogP contribution in [0, 0.1) is 0 Å². The van der Waals surface area contributed by atoms with Crippen LogP contribution in [-0.2, 0) is 20.1 Å². The van der Waals surface area contributed by atoms with E-state index in [2.05, 4.69) is 51.5 Å². The first-order valence-electron chi connectivity index (χ1n) is 7.05. The van der Waals surface area contributed by atoms with E-state index in [-0.39, 0.29) is 0 Å². The average molecular weight is 268 g/mol. The molecule has 0 atom stereocenters. The molecule has 0 saturated heterocycles. The van der Waals surface area contributed by atoms with Gasteiger partial charge >= 0.3 is 0 Å². The summed E-state index contributed by atoms with van der Waals surface area (Å²) in [7, 11) is 1.95. The van der Waals surface area contributed by atoms with Crippen molar-refractivity contribution < 1.29 is 0 Å². The molecule has 2 heterocycles. The number of aromatic nitrogens is 3. The first-order chi connectivity index (χ1) is 9.83. The number of hydrogen-bond acceptors (Lipinski definition) is 2. The molecule has 104 valence electrons. The number of aryl methyl sites for hydroxylation is 2. The highest BCUT2D eigenvalue weighted by Crippen LogP contribution is 2.15. The van der Waals surface area contributed by atoms with Gasteiger partial charge in [-0.2, -0.15) is 5.10 Å². The first kappa shape index (κ1) is 12.9. The van der Waals surface area contributed by atoms with Gasteiger partial charge in [-0.05, 0) is 30.5 Å². The number of benzene rings is 1. The average Bonchev–Trinajstić information content (AvgIpc) is 3.05. The molecule has 0 unspecified atom stereocenters. The van der Waals surface area contributed by atoms with E-state index in [0.717, 1.165) is 26.1 Å². The molecule has 2 aromatic heterocycles. The largest absolute Gasteiger partial charge is 0.347 e. The molecule has 3 rings (SSSR count). The Morgan fingerprint density at radius 1 is 1.20 bits per heavy atom. The predicted molar refractivity (Wildman–Crippen MR) is 81.5 cm³/mol. The van der Waals surface area contributed by atoms with Crippen LogP contribution in [0.2, 0.25) is 0 Å². The van der Waals surface area contributed by atoms with E-state index in [4.69, 9.17) is 0 Å². The monoisotopic (exact) mass is 268 g/mol. The molecule has 0 spiro atoms. The quantitative estimate of drug-likeness (QED) is 0.697. The van der Waals surface area contributed by atoms with E-state index in [1.165, 1.54) is 16.5 Å². The summed E-state index contributed by atoms with van der Waals surface area (Å²) in [6.45, 7) is 2.95. The molecule has 0 fully saturated rings. The zero-order chi connectivity index (χ0) is 13.8. The maximum absolute atomic E-state index is 4.16. The Balaban J connectivity index is 1.46. The van der Waals surface area contributed by atoms with E-state index in [1.54, 1.807) is 0 Å². The van der Waals surface area contributed by atoms with Gasteiger partial charge in [-0.1, -0.05) is 18.2 Å². The lowest BCUT2D eigenvalue weighted by Crippen LogP contribution is -2.16. The molecule has 4 heteroatoms. The van der Waals surface area contributed by atoms with E-state index in [0.29, 0.717) is 0 Å². The number of hydrogen-bond donors (Lipinski definition) is 1. The Morgan fingerprint density at radius 3 is 2.95 bits per heavy atom. The van der Waals surface area contributed by atoms with E-state index >= 15 is 0 Å². The van der Waals surface area contributed by atoms with Crippen LogP contribution in [0.25, 0.3) is 10.9 Å². The van der Waals surface area contributed by atoms with Crippen LogP contribution in [0.5, 0.6) is 0 Å². The molecule has 0 aliphatic carbocycles. The second-order valence-corrected chi connectivity index (χ2v) is 5.12. The Bertz CT molecular complexity index is 680. The summed E-state index contributed by atoms with van der Waals surface area (Å²) in [5, 5.41) is 8.94. The number of fused-ring (bicyclic) bond motifs is 1. The molecule has 0 aliphatic rings. The third-order valence-electron chi connectivity index (χ3n) is 3.52. The van der Waals surface area contributed by atoms with Crippen molar-refractivity contribution in [2.45, 2.75) is 19.5 Å². The smallest absolute Gasteiger partial charge is 0.0534 e. The lowest BCUT2D eigenvalue weighted by molar-refractivity contribution is 0.590. The third-order valence-corrected chi connectivity index (χ3v) is 3.52. The summed E-state index contributed by atoms with van der Waals surface area (Å²) in [5.41, 5.74) is 2.55. The van der Waals surface area contributed by atoms with Crippen LogP contribution in [0.1, 0.15) is 12.0 Å². The van der Waals surface area contributed by atoms with Crippen LogP contribution in [0.4, 0.5) is 0 Å². The SMILES string of the molecule is Cn1cc(CNCCCn2ccc3ccccc32)cn1. The summed E-state index contributed by atoms with van der Waals surface area (Å²) < 4.78 is 4.16. The van der Waals surface area contributed by atoms with E-state index < -0.39 is 0 Å². The minimum absolute atomic E-state index is 0.889. The minimum atomic E-state index is 0.889. The van der Waals surface area contributed by atoms with Crippen molar-refractivity contribution in [2.75, 3.05) is 6.54 Å². The van der Waals surface area contributed by atoms with Gasteiger partial charge in [-0.25, -0.2) is 0 Å². The maximum atomic E-state index is 4.16. The number of para-hydroxylation sites is 1. The zero-order valence-electron chi connectivity index (χ0n) is 11.8. The van der Waals surface area contributed by atoms with Crippen LogP contribution >= 0.6 is 0 Å². The molecule has 1 N–H and O–H groups in total. The van der Waals surface area contributed by atoms with Crippen molar-refractivity contribution in [3.63, 3.8) is 0 Å². The number of nitrogens with zero attached hydrogens (tertiary/aromatic N) is 3. The van der Waals surface area contributed by atoms with Crippen molar-refractivity contribution in [1.82, 2.24) is 19.7 Å². The molecule has 20 heavy (non-hydrogen) atoms. The Labute approximate surface area is 119 Å². The highest BCUT2D eigenvalue weighted by molar-refractivity contribution is 5.79. The lowest BCUT2D eigenvalue weighted by atomic mass is 10.2. The lowest BCUT2D eigenvalue weighted by Gasteiger charge is -2.06. The van der Waals surface area contributed by atoms with Gasteiger partial charge in [0, 0.05) is 43.6 Å². The molecule has 4 nitrogen and oxygen atoms in total. The minimum Gasteiger partial charge on any atom is -0.347 e. The fourth-order valence-electron chi connectivity index (χ4n) is 2.51. The van der Waals surface area contributed by atoms with Gasteiger partial charge in [0.2, 0.25) is 0 Å². The van der Waals surface area contributed by atoms with Gasteiger partial charge in [0.15, 0.2) is 0 Å². The molecule has 0 bridgehead atoms. The highest BCUT2D eigenvalue weighted by Gasteiger charge is 1.99. The Kier molecular flexibility index (Phi) is 3.83. The third kappa shape index (κ3) is 2.91. The van der Waals surface area contributed by atoms with E-state index in [1.807, 2.05) is 24.1 Å². The van der Waals surface area contributed by atoms with Gasteiger partial charge in [0.05, 0.1) is 6.20 Å². The number of nitrogens with one attached hydrogen (secondary N) is 1. The molecule has 0 amide bonds. The molecule has 3 aromatic rings. The van der Waals surface area contributed by atoms with Crippen molar-refractivity contribution in [1.29, 1.82) is 0 Å². The van der Waals surface area contributed by atoms with Gasteiger partial charge < -0.3 is 9.88 Å². The fourth-order valence-corrected chi connectivity index (χ4v) is 2.51. The molecule has 0 aliphatic heterocycles. The molecule has 1 aromatic carbocycles. The highest BCUT2D eigenvalue weighted by atomic mass is 15.2. The second kappa shape index (κ2) is 5.92. The molecular weight excluding hydrogens is 248 g/mol. The van der Waals surface area contributed by atoms with Crippen molar-refractivity contribution in [2.24, 2.45) is 7.05 Å². The summed E-state index contributed by atoms with van der Waals surface area (Å²) in [5.74, 6) is 0. The topological polar surface area (TPSA) is 34.8 Å². The van der Waals surface area contributed by atoms with Gasteiger partial charge in [-0.3, -0.25) is 4.68 Å². The van der Waals surface area contributed by atoms with Gasteiger partial charge in [0.1, 0.15) is 0 Å². The summed E-state index contributed by atoms with van der Waals surface area (Å²) in [4.78, 5) is 0. The van der Waals surface area contributed by atoms with Crippen molar-refractivity contribution in [3.8, 4) is 0 Å². The van der Waals surface area contributed by atoms with Gasteiger partial charge in [0.25, 0.3) is 0 Å². The molecule has 0 saturated carbocycles. The summed E-state index contributed by atoms with van der Waals surface area (Å²) in [6.07, 6.45) is 7.25. The molecular formula is C16H20N4.